The Morgan fingerprint density at radius 1 is 0.534 bits per heavy atom. The fourth-order valence-electron chi connectivity index (χ4n) is 8.09. The maximum atomic E-state index is 13.0. The van der Waals surface area contributed by atoms with E-state index in [1.54, 1.807) is 0 Å². The SMILES string of the molecule is CCCCCCCCCCCCCCCCCCCCCCCCCCC(O)C(=O)NC(COC1OC(CO)C(O)C(O)C1O)C(O)C(O)CCCCCCCCC. The van der Waals surface area contributed by atoms with E-state index >= 15 is 0 Å². The topological polar surface area (TPSA) is 189 Å². The third kappa shape index (κ3) is 27.1. The van der Waals surface area contributed by atoms with Gasteiger partial charge in [0.2, 0.25) is 5.91 Å². The van der Waals surface area contributed by atoms with Gasteiger partial charge in [-0.05, 0) is 12.8 Å². The molecule has 11 heteroatoms. The van der Waals surface area contributed by atoms with E-state index in [-0.39, 0.29) is 6.42 Å². The molecular formula is C47H93NO10. The molecule has 8 N–H and O–H groups in total. The first-order valence-corrected chi connectivity index (χ1v) is 24.4. The van der Waals surface area contributed by atoms with E-state index in [0.717, 1.165) is 44.9 Å². The summed E-state index contributed by atoms with van der Waals surface area (Å²) in [5.74, 6) is -0.696. The first-order chi connectivity index (χ1) is 28.2. The number of hydrogen-bond acceptors (Lipinski definition) is 10. The Balaban J connectivity index is 2.25. The average molecular weight is 832 g/mol. The Hall–Kier alpha value is -0.890. The van der Waals surface area contributed by atoms with Crippen LogP contribution in [0.3, 0.4) is 0 Å². The lowest BCUT2D eigenvalue weighted by Crippen LogP contribution is -2.60. The van der Waals surface area contributed by atoms with Crippen molar-refractivity contribution >= 4 is 5.91 Å². The van der Waals surface area contributed by atoms with Gasteiger partial charge in [0.15, 0.2) is 6.29 Å². The Morgan fingerprint density at radius 3 is 1.28 bits per heavy atom. The van der Waals surface area contributed by atoms with Crippen LogP contribution in [0.1, 0.15) is 226 Å². The highest BCUT2D eigenvalue weighted by Crippen LogP contribution is 2.23. The molecule has 1 aliphatic rings. The summed E-state index contributed by atoms with van der Waals surface area (Å²) in [6.45, 7) is 3.39. The highest BCUT2D eigenvalue weighted by atomic mass is 16.7. The summed E-state index contributed by atoms with van der Waals surface area (Å²) in [5, 5.41) is 75.3. The van der Waals surface area contributed by atoms with E-state index in [4.69, 9.17) is 9.47 Å². The summed E-state index contributed by atoms with van der Waals surface area (Å²) in [4.78, 5) is 13.0. The van der Waals surface area contributed by atoms with Crippen molar-refractivity contribution in [2.24, 2.45) is 0 Å². The molecule has 0 aromatic carbocycles. The molecule has 58 heavy (non-hydrogen) atoms. The number of aliphatic hydroxyl groups is 7. The number of carbonyl (C=O) groups is 1. The third-order valence-electron chi connectivity index (χ3n) is 12.2. The van der Waals surface area contributed by atoms with Crippen LogP contribution < -0.4 is 5.32 Å². The number of hydrogen-bond donors (Lipinski definition) is 8. The van der Waals surface area contributed by atoms with Crippen LogP contribution in [0.4, 0.5) is 0 Å². The monoisotopic (exact) mass is 832 g/mol. The Kier molecular flexibility index (Phi) is 36.0. The Bertz CT molecular complexity index is 913. The van der Waals surface area contributed by atoms with E-state index in [9.17, 15) is 40.5 Å². The molecule has 0 aliphatic carbocycles. The fourth-order valence-corrected chi connectivity index (χ4v) is 8.09. The molecule has 346 valence electrons. The molecular weight excluding hydrogens is 739 g/mol. The molecule has 0 bridgehead atoms. The van der Waals surface area contributed by atoms with Gasteiger partial charge in [0, 0.05) is 0 Å². The zero-order chi connectivity index (χ0) is 42.6. The summed E-state index contributed by atoms with van der Waals surface area (Å²) >= 11 is 0. The van der Waals surface area contributed by atoms with Crippen LogP contribution in [0.5, 0.6) is 0 Å². The van der Waals surface area contributed by atoms with Crippen LogP contribution in [-0.2, 0) is 14.3 Å². The molecule has 1 rings (SSSR count). The number of ether oxygens (including phenoxy) is 2. The minimum absolute atomic E-state index is 0.266. The maximum Gasteiger partial charge on any atom is 0.249 e. The molecule has 0 saturated carbocycles. The van der Waals surface area contributed by atoms with Gasteiger partial charge < -0.3 is 50.5 Å². The van der Waals surface area contributed by atoms with Gasteiger partial charge in [-0.1, -0.05) is 213 Å². The van der Waals surface area contributed by atoms with Gasteiger partial charge >= 0.3 is 0 Å². The molecule has 0 spiro atoms. The van der Waals surface area contributed by atoms with E-state index in [1.165, 1.54) is 141 Å². The average Bonchev–Trinajstić information content (AvgIpc) is 3.22. The van der Waals surface area contributed by atoms with Gasteiger partial charge in [-0.15, -0.1) is 0 Å². The van der Waals surface area contributed by atoms with Gasteiger partial charge in [-0.25, -0.2) is 0 Å². The van der Waals surface area contributed by atoms with Crippen molar-refractivity contribution in [1.82, 2.24) is 5.32 Å². The molecule has 9 atom stereocenters. The van der Waals surface area contributed by atoms with Crippen molar-refractivity contribution in [2.75, 3.05) is 13.2 Å². The fraction of sp³-hybridized carbons (Fsp3) is 0.979. The number of nitrogens with one attached hydrogen (secondary N) is 1. The van der Waals surface area contributed by atoms with Crippen LogP contribution in [0.25, 0.3) is 0 Å². The zero-order valence-corrected chi connectivity index (χ0v) is 37.3. The molecule has 11 nitrogen and oxygen atoms in total. The van der Waals surface area contributed by atoms with E-state index in [2.05, 4.69) is 19.2 Å². The lowest BCUT2D eigenvalue weighted by atomic mass is 9.98. The standard InChI is InChI=1S/C47H93NO10/c1-3-5-7-9-11-12-13-14-15-16-17-18-19-20-21-22-23-24-25-26-27-29-31-33-35-40(51)46(56)48-38(42(52)39(50)34-32-30-28-10-8-6-4-2)37-57-47-45(55)44(54)43(53)41(36-49)58-47/h38-45,47,49-55H,3-37H2,1-2H3,(H,48,56). The van der Waals surface area contributed by atoms with Crippen molar-refractivity contribution in [2.45, 2.75) is 281 Å². The molecule has 1 saturated heterocycles. The highest BCUT2D eigenvalue weighted by Gasteiger charge is 2.44. The molecule has 9 unspecified atom stereocenters. The van der Waals surface area contributed by atoms with Crippen molar-refractivity contribution in [3.63, 3.8) is 0 Å². The van der Waals surface area contributed by atoms with Crippen LogP contribution in [0.15, 0.2) is 0 Å². The van der Waals surface area contributed by atoms with Gasteiger partial charge in [-0.3, -0.25) is 4.79 Å². The largest absolute Gasteiger partial charge is 0.394 e. The number of rotatable bonds is 41. The summed E-state index contributed by atoms with van der Waals surface area (Å²) in [5.41, 5.74) is 0. The second kappa shape index (κ2) is 37.8. The van der Waals surface area contributed by atoms with Gasteiger partial charge in [0.1, 0.15) is 36.6 Å². The van der Waals surface area contributed by atoms with Crippen LogP contribution in [0, 0.1) is 0 Å². The number of unbranched alkanes of at least 4 members (excludes halogenated alkanes) is 29. The lowest BCUT2D eigenvalue weighted by molar-refractivity contribution is -0.303. The van der Waals surface area contributed by atoms with Gasteiger partial charge in [0.25, 0.3) is 0 Å². The minimum Gasteiger partial charge on any atom is -0.394 e. The lowest BCUT2D eigenvalue weighted by Gasteiger charge is -2.40. The molecule has 1 aliphatic heterocycles. The zero-order valence-electron chi connectivity index (χ0n) is 37.3. The minimum atomic E-state index is -1.65. The predicted octanol–water partition coefficient (Wildman–Crippen LogP) is 8.28. The van der Waals surface area contributed by atoms with E-state index < -0.39 is 74.2 Å². The second-order valence-corrected chi connectivity index (χ2v) is 17.5. The van der Waals surface area contributed by atoms with Crippen LogP contribution >= 0.6 is 0 Å². The smallest absolute Gasteiger partial charge is 0.249 e. The highest BCUT2D eigenvalue weighted by molar-refractivity contribution is 5.80. The predicted molar refractivity (Wildman–Crippen MR) is 233 cm³/mol. The van der Waals surface area contributed by atoms with Crippen molar-refractivity contribution in [3.05, 3.63) is 0 Å². The second-order valence-electron chi connectivity index (χ2n) is 17.5. The first kappa shape index (κ1) is 55.1. The number of carbonyl (C=O) groups excluding carboxylic acids is 1. The number of aliphatic hydroxyl groups excluding tert-OH is 7. The van der Waals surface area contributed by atoms with Gasteiger partial charge in [0.05, 0.1) is 25.4 Å². The summed E-state index contributed by atoms with van der Waals surface area (Å²) in [7, 11) is 0. The van der Waals surface area contributed by atoms with E-state index in [0.29, 0.717) is 19.3 Å². The Labute approximate surface area is 354 Å². The maximum absolute atomic E-state index is 13.0. The summed E-state index contributed by atoms with van der Waals surface area (Å²) in [6.07, 6.45) is 27.7. The van der Waals surface area contributed by atoms with Crippen LogP contribution in [0.2, 0.25) is 0 Å². The van der Waals surface area contributed by atoms with Crippen molar-refractivity contribution in [3.8, 4) is 0 Å². The molecule has 0 aromatic heterocycles. The van der Waals surface area contributed by atoms with E-state index in [1.807, 2.05) is 0 Å². The normalized spacial score (nSPS) is 21.8. The molecule has 1 heterocycles. The molecule has 1 fully saturated rings. The molecule has 1 amide bonds. The third-order valence-corrected chi connectivity index (χ3v) is 12.2. The first-order valence-electron chi connectivity index (χ1n) is 24.4. The molecule has 0 aromatic rings. The summed E-state index contributed by atoms with van der Waals surface area (Å²) in [6, 6.07) is -1.16. The van der Waals surface area contributed by atoms with Gasteiger partial charge in [-0.2, -0.15) is 0 Å². The quantitative estimate of drug-likeness (QED) is 0.0279. The number of amides is 1. The van der Waals surface area contributed by atoms with Crippen molar-refractivity contribution in [1.29, 1.82) is 0 Å². The van der Waals surface area contributed by atoms with Crippen LogP contribution in [-0.4, -0.2) is 110 Å². The summed E-state index contributed by atoms with van der Waals surface area (Å²) < 4.78 is 11.0. The Morgan fingerprint density at radius 2 is 0.897 bits per heavy atom. The molecule has 0 radical (unpaired) electrons. The van der Waals surface area contributed by atoms with Crippen molar-refractivity contribution < 1.29 is 50.0 Å².